The lowest BCUT2D eigenvalue weighted by molar-refractivity contribution is -0.167. The van der Waals surface area contributed by atoms with E-state index in [2.05, 4.69) is 10.6 Å². The number of ketones is 2. The Morgan fingerprint density at radius 1 is 0.468 bits per heavy atom. The zero-order valence-electron chi connectivity index (χ0n) is 28.9. The predicted octanol–water partition coefficient (Wildman–Crippen LogP) is 4.35. The molecule has 0 aromatic heterocycles. The molecule has 9 aliphatic rings. The van der Waals surface area contributed by atoms with Crippen molar-refractivity contribution in [2.75, 3.05) is 85.6 Å². The second-order valence-corrected chi connectivity index (χ2v) is 17.1. The van der Waals surface area contributed by atoms with Crippen LogP contribution in [-0.2, 0) is 33.3 Å². The first-order valence-corrected chi connectivity index (χ1v) is 19.4. The molecule has 9 rings (SSSR count). The molecule has 0 atom stereocenters. The van der Waals surface area contributed by atoms with Gasteiger partial charge >= 0.3 is 0 Å². The Morgan fingerprint density at radius 3 is 1.21 bits per heavy atom. The normalized spacial score (nSPS) is 43.7. The van der Waals surface area contributed by atoms with Gasteiger partial charge in [-0.05, 0) is 123 Å². The highest BCUT2D eigenvalue weighted by molar-refractivity contribution is 6.11. The van der Waals surface area contributed by atoms with Gasteiger partial charge in [0.2, 0.25) is 0 Å². The number of hydrogen-bond acceptors (Lipinski definition) is 9. The Kier molecular flexibility index (Phi) is 11.4. The van der Waals surface area contributed by atoms with Gasteiger partial charge in [0.1, 0.15) is 0 Å². The molecule has 0 radical (unpaired) electrons. The zero-order chi connectivity index (χ0) is 32.2. The summed E-state index contributed by atoms with van der Waals surface area (Å²) in [6.45, 7) is 6.56. The van der Waals surface area contributed by atoms with Crippen LogP contribution in [0.15, 0.2) is 0 Å². The highest BCUT2D eigenvalue weighted by Gasteiger charge is 2.58. The first-order chi connectivity index (χ1) is 22.9. The van der Waals surface area contributed by atoms with Crippen molar-refractivity contribution in [1.82, 2.24) is 10.6 Å². The van der Waals surface area contributed by atoms with Crippen LogP contribution in [0, 0.1) is 46.3 Å². The summed E-state index contributed by atoms with van der Waals surface area (Å²) in [6.07, 6.45) is 15.9. The van der Waals surface area contributed by atoms with Crippen molar-refractivity contribution < 1.29 is 33.3 Å². The first-order valence-electron chi connectivity index (χ1n) is 19.4. The molecule has 8 aliphatic carbocycles. The van der Waals surface area contributed by atoms with E-state index in [4.69, 9.17) is 23.7 Å². The average molecular weight is 659 g/mol. The summed E-state index contributed by atoms with van der Waals surface area (Å²) in [4.78, 5) is 29.9. The van der Waals surface area contributed by atoms with E-state index in [0.717, 1.165) is 80.6 Å². The van der Waals surface area contributed by atoms with Gasteiger partial charge in [0.05, 0.1) is 59.5 Å². The number of Topliss-reactive ketones (excluding diaryl/α,β-unsaturated/α-hetero) is 2. The third-order valence-electron chi connectivity index (χ3n) is 13.3. The third-order valence-corrected chi connectivity index (χ3v) is 13.3. The monoisotopic (exact) mass is 658 g/mol. The maximum absolute atomic E-state index is 15.0. The van der Waals surface area contributed by atoms with E-state index >= 15 is 0 Å². The molecule has 0 amide bonds. The van der Waals surface area contributed by atoms with Gasteiger partial charge in [0, 0.05) is 39.0 Å². The Hall–Kier alpha value is -0.940. The minimum Gasteiger partial charge on any atom is -0.378 e. The lowest BCUT2D eigenvalue weighted by Gasteiger charge is -2.58. The van der Waals surface area contributed by atoms with E-state index in [9.17, 15) is 9.59 Å². The standard InChI is InChI=1S/C38H62N2O7/c41-34(25-36-19-28-13-29(20-36)15-30(14-28)21-36)38(35(42)26-37-22-31-16-32(23-37)18-33(17-31)24-37)27-40-3-6-44-8-10-46-9-7-43-4-1-39-2-5-45-11-12-47-38/h28-33,39-40H,1-27H2. The molecule has 8 saturated carbocycles. The van der Waals surface area contributed by atoms with Crippen LogP contribution in [0.5, 0.6) is 0 Å². The summed E-state index contributed by atoms with van der Waals surface area (Å²) in [5.74, 6) is 4.57. The minimum atomic E-state index is -1.48. The molecule has 9 fully saturated rings. The van der Waals surface area contributed by atoms with Crippen LogP contribution in [0.3, 0.4) is 0 Å². The topological polar surface area (TPSA) is 104 Å². The highest BCUT2D eigenvalue weighted by Crippen LogP contribution is 2.63. The molecule has 1 aliphatic heterocycles. The van der Waals surface area contributed by atoms with E-state index in [0.29, 0.717) is 78.8 Å². The molecular formula is C38H62N2O7. The van der Waals surface area contributed by atoms with Gasteiger partial charge < -0.3 is 34.3 Å². The summed E-state index contributed by atoms with van der Waals surface area (Å²) in [5, 5.41) is 6.82. The van der Waals surface area contributed by atoms with Crippen LogP contribution < -0.4 is 10.6 Å². The third kappa shape index (κ3) is 8.34. The molecule has 0 aromatic carbocycles. The van der Waals surface area contributed by atoms with Gasteiger partial charge in [-0.3, -0.25) is 9.59 Å². The lowest BCUT2D eigenvalue weighted by atomic mass is 9.47. The smallest absolute Gasteiger partial charge is 0.196 e. The van der Waals surface area contributed by atoms with Crippen LogP contribution in [0.2, 0.25) is 0 Å². The second kappa shape index (κ2) is 15.5. The Balaban J connectivity index is 1.09. The lowest BCUT2D eigenvalue weighted by Crippen LogP contribution is -2.60. The molecule has 47 heavy (non-hydrogen) atoms. The Morgan fingerprint density at radius 2 is 0.809 bits per heavy atom. The van der Waals surface area contributed by atoms with Crippen molar-refractivity contribution in [3.8, 4) is 0 Å². The molecule has 2 N–H and O–H groups in total. The number of carbonyl (C=O) groups excluding carboxylic acids is 2. The van der Waals surface area contributed by atoms with Crippen LogP contribution in [0.25, 0.3) is 0 Å². The highest BCUT2D eigenvalue weighted by atomic mass is 16.5. The van der Waals surface area contributed by atoms with Crippen LogP contribution >= 0.6 is 0 Å². The van der Waals surface area contributed by atoms with Gasteiger partial charge in [-0.2, -0.15) is 0 Å². The summed E-state index contributed by atoms with van der Waals surface area (Å²) in [5.41, 5.74) is -1.40. The molecule has 9 heteroatoms. The van der Waals surface area contributed by atoms with Gasteiger partial charge in [0.25, 0.3) is 0 Å². The quantitative estimate of drug-likeness (QED) is 0.403. The fourth-order valence-electron chi connectivity index (χ4n) is 12.3. The number of hydrogen-bond donors (Lipinski definition) is 2. The number of rotatable bonds is 6. The molecule has 0 unspecified atom stereocenters. The largest absolute Gasteiger partial charge is 0.378 e. The molecular weight excluding hydrogens is 596 g/mol. The molecule has 0 aromatic rings. The maximum atomic E-state index is 15.0. The molecule has 1 heterocycles. The van der Waals surface area contributed by atoms with Crippen molar-refractivity contribution in [1.29, 1.82) is 0 Å². The average Bonchev–Trinajstić information content (AvgIpc) is 3.00. The van der Waals surface area contributed by atoms with E-state index in [1.807, 2.05) is 0 Å². The molecule has 9 nitrogen and oxygen atoms in total. The summed E-state index contributed by atoms with van der Waals surface area (Å²) in [7, 11) is 0. The van der Waals surface area contributed by atoms with Crippen molar-refractivity contribution in [3.05, 3.63) is 0 Å². The number of carbonyl (C=O) groups is 2. The first kappa shape index (κ1) is 34.5. The van der Waals surface area contributed by atoms with Crippen LogP contribution in [-0.4, -0.2) is 103 Å². The summed E-state index contributed by atoms with van der Waals surface area (Å²) >= 11 is 0. The van der Waals surface area contributed by atoms with E-state index in [-0.39, 0.29) is 35.5 Å². The van der Waals surface area contributed by atoms with E-state index in [1.165, 1.54) is 38.5 Å². The molecule has 8 bridgehead atoms. The van der Waals surface area contributed by atoms with Crippen molar-refractivity contribution in [3.63, 3.8) is 0 Å². The number of nitrogens with one attached hydrogen (secondary N) is 2. The maximum Gasteiger partial charge on any atom is 0.196 e. The summed E-state index contributed by atoms with van der Waals surface area (Å²) < 4.78 is 29.7. The van der Waals surface area contributed by atoms with Gasteiger partial charge in [-0.15, -0.1) is 0 Å². The van der Waals surface area contributed by atoms with Gasteiger partial charge in [-0.25, -0.2) is 0 Å². The minimum absolute atomic E-state index is 0.0241. The fraction of sp³-hybridized carbons (Fsp3) is 0.947. The second-order valence-electron chi connectivity index (χ2n) is 17.1. The molecule has 266 valence electrons. The van der Waals surface area contributed by atoms with Crippen LogP contribution in [0.1, 0.15) is 89.9 Å². The van der Waals surface area contributed by atoms with E-state index in [1.54, 1.807) is 0 Å². The Bertz CT molecular complexity index is 912. The van der Waals surface area contributed by atoms with Crippen molar-refractivity contribution >= 4 is 11.6 Å². The van der Waals surface area contributed by atoms with Crippen molar-refractivity contribution in [2.45, 2.75) is 95.5 Å². The Labute approximate surface area is 282 Å². The van der Waals surface area contributed by atoms with Gasteiger partial charge in [0.15, 0.2) is 17.2 Å². The van der Waals surface area contributed by atoms with Crippen LogP contribution in [0.4, 0.5) is 0 Å². The molecule has 1 saturated heterocycles. The predicted molar refractivity (Wildman–Crippen MR) is 178 cm³/mol. The fourth-order valence-corrected chi connectivity index (χ4v) is 12.3. The van der Waals surface area contributed by atoms with E-state index < -0.39 is 5.60 Å². The zero-order valence-corrected chi connectivity index (χ0v) is 28.9. The van der Waals surface area contributed by atoms with Gasteiger partial charge in [-0.1, -0.05) is 0 Å². The molecule has 0 spiro atoms. The van der Waals surface area contributed by atoms with Crippen molar-refractivity contribution in [2.24, 2.45) is 46.3 Å². The SMILES string of the molecule is O=C(CC12CC3CC(CC(C3)C1)C2)C1(C(=O)CC23CC4CC(CC(C4)C2)C3)CNCCOCCOCCOCCNCCOCCO1. The summed E-state index contributed by atoms with van der Waals surface area (Å²) in [6, 6.07) is 0. The number of ether oxygens (including phenoxy) is 5.